The molecule has 266 valence electrons. The van der Waals surface area contributed by atoms with E-state index in [2.05, 4.69) is 67.7 Å². The van der Waals surface area contributed by atoms with Gasteiger partial charge in [0, 0.05) is 11.1 Å². The number of carbonyl (C=O) groups is 2. The van der Waals surface area contributed by atoms with Gasteiger partial charge in [-0.25, -0.2) is 14.8 Å². The number of nitrogens with zero attached hydrogens (tertiary/aromatic N) is 2. The number of nitrogens with one attached hydrogen (secondary N) is 4. The number of esters is 2. The van der Waals surface area contributed by atoms with E-state index in [0.29, 0.717) is 23.2 Å². The van der Waals surface area contributed by atoms with E-state index in [9.17, 15) is 9.59 Å². The standard InChI is InChI=1S/C40H45ClN6O4/c1-8-28(31(42)37(48)51-40(5,6)7)34-44-21-30(45-34)27-16-15-25-19-24(13-14-26(25)20-27)22-9-11-23(12-10-22)32-33(41)47-35(46-32)29-17-18-43-36(29)50-38(49)39(2,3)4/h9-16,19-21,28-29,36,42-43H,8,17-18H2,1-7H3,(H,44,45)(H,46,47)/t28-,29-,36?/m0/s1. The van der Waals surface area contributed by atoms with Gasteiger partial charge >= 0.3 is 11.9 Å². The first-order valence-corrected chi connectivity index (χ1v) is 17.7. The van der Waals surface area contributed by atoms with Gasteiger partial charge in [-0.3, -0.25) is 15.5 Å². The maximum atomic E-state index is 12.6. The minimum Gasteiger partial charge on any atom is -0.455 e. The van der Waals surface area contributed by atoms with Crippen molar-refractivity contribution in [3.05, 3.63) is 83.7 Å². The molecule has 0 saturated carbocycles. The van der Waals surface area contributed by atoms with Crippen LogP contribution < -0.4 is 5.32 Å². The quantitative estimate of drug-likeness (QED) is 0.0884. The van der Waals surface area contributed by atoms with Gasteiger partial charge in [-0.1, -0.05) is 67.1 Å². The molecule has 3 heterocycles. The summed E-state index contributed by atoms with van der Waals surface area (Å²) in [5, 5.41) is 14.3. The lowest BCUT2D eigenvalue weighted by Crippen LogP contribution is -2.36. The van der Waals surface area contributed by atoms with Gasteiger partial charge in [0.2, 0.25) is 0 Å². The van der Waals surface area contributed by atoms with Crippen molar-refractivity contribution >= 4 is 40.0 Å². The number of imidazole rings is 2. The van der Waals surface area contributed by atoms with Crippen LogP contribution in [0, 0.1) is 10.8 Å². The second-order valence-corrected chi connectivity index (χ2v) is 15.5. The summed E-state index contributed by atoms with van der Waals surface area (Å²) in [5.41, 5.74) is 4.17. The van der Waals surface area contributed by atoms with E-state index >= 15 is 0 Å². The molecule has 11 heteroatoms. The molecule has 10 nitrogen and oxygen atoms in total. The van der Waals surface area contributed by atoms with Crippen LogP contribution in [0.5, 0.6) is 0 Å². The molecular weight excluding hydrogens is 664 g/mol. The Morgan fingerprint density at radius 2 is 1.55 bits per heavy atom. The van der Waals surface area contributed by atoms with Crippen LogP contribution in [0.3, 0.4) is 0 Å². The van der Waals surface area contributed by atoms with Crippen molar-refractivity contribution in [2.24, 2.45) is 5.41 Å². The predicted molar refractivity (Wildman–Crippen MR) is 201 cm³/mol. The highest BCUT2D eigenvalue weighted by Gasteiger charge is 2.37. The summed E-state index contributed by atoms with van der Waals surface area (Å²) >= 11 is 6.63. The summed E-state index contributed by atoms with van der Waals surface area (Å²) in [6.07, 6.45) is 2.60. The largest absolute Gasteiger partial charge is 0.455 e. The van der Waals surface area contributed by atoms with Gasteiger partial charge in [-0.05, 0) is 95.0 Å². The second kappa shape index (κ2) is 14.1. The lowest BCUT2D eigenvalue weighted by Gasteiger charge is -2.23. The molecule has 1 fully saturated rings. The van der Waals surface area contributed by atoms with Crippen LogP contribution >= 0.6 is 11.6 Å². The second-order valence-electron chi connectivity index (χ2n) is 15.1. The zero-order valence-corrected chi connectivity index (χ0v) is 30.9. The van der Waals surface area contributed by atoms with E-state index in [1.807, 2.05) is 45.9 Å². The maximum absolute atomic E-state index is 12.6. The fourth-order valence-electron chi connectivity index (χ4n) is 6.20. The molecule has 0 spiro atoms. The number of ether oxygens (including phenoxy) is 2. The van der Waals surface area contributed by atoms with Gasteiger partial charge in [-0.2, -0.15) is 0 Å². The third-order valence-electron chi connectivity index (χ3n) is 9.00. The van der Waals surface area contributed by atoms with Crippen molar-refractivity contribution in [2.75, 3.05) is 6.54 Å². The molecule has 5 aromatic rings. The first-order chi connectivity index (χ1) is 24.1. The Hall–Kier alpha value is -4.80. The summed E-state index contributed by atoms with van der Waals surface area (Å²) in [5.74, 6) is -0.242. The molecule has 0 aliphatic carbocycles. The van der Waals surface area contributed by atoms with Crippen molar-refractivity contribution in [3.8, 4) is 33.6 Å². The molecule has 1 aliphatic heterocycles. The highest BCUT2D eigenvalue weighted by Crippen LogP contribution is 2.35. The van der Waals surface area contributed by atoms with Crippen molar-refractivity contribution in [2.45, 2.75) is 85.0 Å². The van der Waals surface area contributed by atoms with Crippen LogP contribution in [-0.4, -0.2) is 56.0 Å². The Bertz CT molecular complexity index is 2090. The molecule has 6 rings (SSSR count). The number of aromatic amines is 2. The molecule has 1 aliphatic rings. The SMILES string of the molecule is CC[C@@H](C(=N)C(=O)OC(C)(C)C)c1ncc(-c2ccc3cc(-c4ccc(-c5[nH]c([C@@H]6CCNC6OC(=O)C(C)(C)C)nc5Cl)cc4)ccc3c2)[nH]1. The number of rotatable bonds is 9. The molecule has 2 aromatic heterocycles. The van der Waals surface area contributed by atoms with Crippen molar-refractivity contribution in [1.29, 1.82) is 5.41 Å². The summed E-state index contributed by atoms with van der Waals surface area (Å²) < 4.78 is 11.2. The molecule has 0 amide bonds. The third-order valence-corrected chi connectivity index (χ3v) is 9.27. The summed E-state index contributed by atoms with van der Waals surface area (Å²) in [6, 6.07) is 20.8. The van der Waals surface area contributed by atoms with Gasteiger partial charge in [0.05, 0.1) is 34.8 Å². The summed E-state index contributed by atoms with van der Waals surface area (Å²) in [7, 11) is 0. The Balaban J connectivity index is 1.16. The number of hydrogen-bond donors (Lipinski definition) is 4. The van der Waals surface area contributed by atoms with Gasteiger partial charge in [0.25, 0.3) is 0 Å². The van der Waals surface area contributed by atoms with Crippen molar-refractivity contribution < 1.29 is 19.1 Å². The topological polar surface area (TPSA) is 146 Å². The molecular formula is C40H45ClN6O4. The van der Waals surface area contributed by atoms with E-state index in [4.69, 9.17) is 26.5 Å². The first-order valence-electron chi connectivity index (χ1n) is 17.3. The number of carbonyl (C=O) groups excluding carboxylic acids is 2. The van der Waals surface area contributed by atoms with Crippen LogP contribution in [0.1, 0.15) is 84.8 Å². The highest BCUT2D eigenvalue weighted by molar-refractivity contribution is 6.37. The van der Waals surface area contributed by atoms with Crippen LogP contribution in [-0.2, 0) is 19.1 Å². The fourth-order valence-corrected chi connectivity index (χ4v) is 6.45. The number of benzene rings is 3. The number of H-pyrrole nitrogens is 2. The molecule has 3 atom stereocenters. The Labute approximate surface area is 303 Å². The van der Waals surface area contributed by atoms with Gasteiger partial charge in [-0.15, -0.1) is 0 Å². The lowest BCUT2D eigenvalue weighted by molar-refractivity contribution is -0.160. The van der Waals surface area contributed by atoms with Gasteiger partial charge < -0.3 is 19.4 Å². The van der Waals surface area contributed by atoms with E-state index < -0.39 is 29.1 Å². The van der Waals surface area contributed by atoms with E-state index in [1.54, 1.807) is 27.0 Å². The van der Waals surface area contributed by atoms with Gasteiger partial charge in [0.15, 0.2) is 11.4 Å². The number of aromatic nitrogens is 4. The maximum Gasteiger partial charge on any atom is 0.353 e. The molecule has 0 radical (unpaired) electrons. The average Bonchev–Trinajstić information content (AvgIpc) is 3.84. The molecule has 1 unspecified atom stereocenters. The van der Waals surface area contributed by atoms with E-state index in [1.165, 1.54) is 0 Å². The normalized spacial score (nSPS) is 17.0. The van der Waals surface area contributed by atoms with Crippen LogP contribution in [0.25, 0.3) is 44.4 Å². The summed E-state index contributed by atoms with van der Waals surface area (Å²) in [6.45, 7) is 13.5. The highest BCUT2D eigenvalue weighted by atomic mass is 35.5. The van der Waals surface area contributed by atoms with E-state index in [-0.39, 0.29) is 17.6 Å². The van der Waals surface area contributed by atoms with Crippen molar-refractivity contribution in [3.63, 3.8) is 0 Å². The minimum atomic E-state index is -0.673. The molecule has 1 saturated heterocycles. The zero-order valence-electron chi connectivity index (χ0n) is 30.1. The Kier molecular flexibility index (Phi) is 9.94. The monoisotopic (exact) mass is 708 g/mol. The first kappa shape index (κ1) is 36.0. The van der Waals surface area contributed by atoms with E-state index in [0.717, 1.165) is 57.4 Å². The lowest BCUT2D eigenvalue weighted by atomic mass is 9.97. The summed E-state index contributed by atoms with van der Waals surface area (Å²) in [4.78, 5) is 41.0. The number of fused-ring (bicyclic) bond motifs is 1. The van der Waals surface area contributed by atoms with Crippen molar-refractivity contribution in [1.82, 2.24) is 25.3 Å². The Morgan fingerprint density at radius 3 is 2.20 bits per heavy atom. The Morgan fingerprint density at radius 1 is 0.922 bits per heavy atom. The fraction of sp³-hybridized carbons (Fsp3) is 0.375. The predicted octanol–water partition coefficient (Wildman–Crippen LogP) is 8.79. The minimum absolute atomic E-state index is 0.111. The number of hydrogen-bond acceptors (Lipinski definition) is 8. The smallest absolute Gasteiger partial charge is 0.353 e. The third kappa shape index (κ3) is 7.92. The molecule has 0 bridgehead atoms. The van der Waals surface area contributed by atoms with Crippen LogP contribution in [0.2, 0.25) is 5.15 Å². The molecule has 51 heavy (non-hydrogen) atoms. The molecule has 4 N–H and O–H groups in total. The molecule has 3 aromatic carbocycles. The average molecular weight is 709 g/mol. The van der Waals surface area contributed by atoms with Crippen LogP contribution in [0.4, 0.5) is 0 Å². The van der Waals surface area contributed by atoms with Crippen LogP contribution in [0.15, 0.2) is 66.9 Å². The zero-order chi connectivity index (χ0) is 36.7. The van der Waals surface area contributed by atoms with Gasteiger partial charge in [0.1, 0.15) is 23.0 Å². The number of halogens is 1.